The number of imidazole rings is 1. The fourth-order valence-corrected chi connectivity index (χ4v) is 4.33. The number of nitrogens with zero attached hydrogens (tertiary/aromatic N) is 3. The highest BCUT2D eigenvalue weighted by Crippen LogP contribution is 2.30. The van der Waals surface area contributed by atoms with E-state index in [2.05, 4.69) is 66.9 Å². The number of hydrogen-bond acceptors (Lipinski definition) is 2. The smallest absolute Gasteiger partial charge is 0.222 e. The van der Waals surface area contributed by atoms with Gasteiger partial charge in [0.2, 0.25) is 5.91 Å². The molecule has 4 aromatic rings. The molecular weight excluding hydrogens is 394 g/mol. The summed E-state index contributed by atoms with van der Waals surface area (Å²) in [4.78, 5) is 19.6. The SMILES string of the molecule is CCN(CC)C(=O)CCc1c(-c2ccccc2)nc2ccc(-c3cc(C)ccc3C)cn12. The van der Waals surface area contributed by atoms with Crippen LogP contribution < -0.4 is 0 Å². The summed E-state index contributed by atoms with van der Waals surface area (Å²) in [6.07, 6.45) is 3.30. The number of carbonyl (C=O) groups excluding carboxylic acids is 1. The average Bonchev–Trinajstić information content (AvgIpc) is 3.18. The van der Waals surface area contributed by atoms with E-state index in [1.54, 1.807) is 0 Å². The number of hydrogen-bond donors (Lipinski definition) is 0. The highest BCUT2D eigenvalue weighted by Gasteiger charge is 2.18. The van der Waals surface area contributed by atoms with E-state index in [9.17, 15) is 4.79 Å². The standard InChI is InChI=1S/C28H31N3O/c1-5-30(6-2)27(32)17-15-25-28(22-10-8-7-9-11-22)29-26-16-14-23(19-31(25)26)24-18-20(3)12-13-21(24)4/h7-14,16,18-19H,5-6,15,17H2,1-4H3. The van der Waals surface area contributed by atoms with Crippen molar-refractivity contribution < 1.29 is 4.79 Å². The lowest BCUT2D eigenvalue weighted by Crippen LogP contribution is -2.30. The fourth-order valence-electron chi connectivity index (χ4n) is 4.33. The fraction of sp³-hybridized carbons (Fsp3) is 0.286. The van der Waals surface area contributed by atoms with E-state index in [4.69, 9.17) is 4.98 Å². The van der Waals surface area contributed by atoms with Crippen LogP contribution in [-0.2, 0) is 11.2 Å². The Morgan fingerprint density at radius 1 is 0.938 bits per heavy atom. The van der Waals surface area contributed by atoms with Crippen molar-refractivity contribution in [1.29, 1.82) is 0 Å². The molecule has 2 heterocycles. The van der Waals surface area contributed by atoms with Crippen molar-refractivity contribution in [3.05, 3.63) is 83.7 Å². The van der Waals surface area contributed by atoms with Crippen molar-refractivity contribution in [2.75, 3.05) is 13.1 Å². The zero-order valence-corrected chi connectivity index (χ0v) is 19.4. The Bertz CT molecular complexity index is 1240. The van der Waals surface area contributed by atoms with Crippen LogP contribution in [0, 0.1) is 13.8 Å². The molecule has 0 spiro atoms. The normalized spacial score (nSPS) is 11.1. The summed E-state index contributed by atoms with van der Waals surface area (Å²) in [5, 5.41) is 0. The average molecular weight is 426 g/mol. The summed E-state index contributed by atoms with van der Waals surface area (Å²) in [5.74, 6) is 0.189. The van der Waals surface area contributed by atoms with E-state index < -0.39 is 0 Å². The van der Waals surface area contributed by atoms with Crippen molar-refractivity contribution in [3.63, 3.8) is 0 Å². The summed E-state index contributed by atoms with van der Waals surface area (Å²) in [6.45, 7) is 9.81. The van der Waals surface area contributed by atoms with Crippen molar-refractivity contribution in [1.82, 2.24) is 14.3 Å². The third-order valence-corrected chi connectivity index (χ3v) is 6.16. The van der Waals surface area contributed by atoms with Gasteiger partial charge in [0.15, 0.2) is 0 Å². The van der Waals surface area contributed by atoms with Crippen LogP contribution >= 0.6 is 0 Å². The molecule has 0 fully saturated rings. The Kier molecular flexibility index (Phi) is 6.40. The third-order valence-electron chi connectivity index (χ3n) is 6.16. The van der Waals surface area contributed by atoms with Crippen LogP contribution in [0.15, 0.2) is 66.9 Å². The van der Waals surface area contributed by atoms with Crippen LogP contribution in [-0.4, -0.2) is 33.3 Å². The summed E-state index contributed by atoms with van der Waals surface area (Å²) in [5.41, 5.74) is 8.90. The number of rotatable bonds is 7. The Hall–Kier alpha value is -3.40. The Labute approximate surface area is 190 Å². The molecule has 0 saturated heterocycles. The minimum Gasteiger partial charge on any atom is -0.343 e. The molecule has 0 radical (unpaired) electrons. The molecule has 0 N–H and O–H groups in total. The predicted octanol–water partition coefficient (Wildman–Crippen LogP) is 6.09. The quantitative estimate of drug-likeness (QED) is 0.359. The largest absolute Gasteiger partial charge is 0.343 e. The maximum absolute atomic E-state index is 12.8. The van der Waals surface area contributed by atoms with Gasteiger partial charge in [-0.2, -0.15) is 0 Å². The Balaban J connectivity index is 1.81. The topological polar surface area (TPSA) is 37.6 Å². The molecule has 0 bridgehead atoms. The van der Waals surface area contributed by atoms with E-state index in [1.165, 1.54) is 16.7 Å². The molecular formula is C28H31N3O. The van der Waals surface area contributed by atoms with Crippen molar-refractivity contribution in [2.45, 2.75) is 40.5 Å². The van der Waals surface area contributed by atoms with Gasteiger partial charge < -0.3 is 9.30 Å². The lowest BCUT2D eigenvalue weighted by Gasteiger charge is -2.18. The molecule has 0 unspecified atom stereocenters. The lowest BCUT2D eigenvalue weighted by molar-refractivity contribution is -0.130. The molecule has 0 aliphatic rings. The predicted molar refractivity (Wildman–Crippen MR) is 132 cm³/mol. The van der Waals surface area contributed by atoms with Gasteiger partial charge in [-0.1, -0.05) is 54.1 Å². The highest BCUT2D eigenvalue weighted by molar-refractivity contribution is 5.77. The number of pyridine rings is 1. The van der Waals surface area contributed by atoms with Gasteiger partial charge in [-0.25, -0.2) is 4.98 Å². The van der Waals surface area contributed by atoms with Gasteiger partial charge in [-0.15, -0.1) is 0 Å². The molecule has 4 heteroatoms. The Morgan fingerprint density at radius 3 is 2.41 bits per heavy atom. The molecule has 2 aromatic heterocycles. The van der Waals surface area contributed by atoms with Crippen LogP contribution in [0.3, 0.4) is 0 Å². The van der Waals surface area contributed by atoms with Crippen LogP contribution in [0.2, 0.25) is 0 Å². The maximum atomic E-state index is 12.8. The maximum Gasteiger partial charge on any atom is 0.222 e. The summed E-state index contributed by atoms with van der Waals surface area (Å²) >= 11 is 0. The van der Waals surface area contributed by atoms with E-state index in [0.29, 0.717) is 12.8 Å². The number of aryl methyl sites for hydroxylation is 3. The van der Waals surface area contributed by atoms with Crippen LogP contribution in [0.4, 0.5) is 0 Å². The highest BCUT2D eigenvalue weighted by atomic mass is 16.2. The van der Waals surface area contributed by atoms with Crippen molar-refractivity contribution in [2.24, 2.45) is 0 Å². The molecule has 4 nitrogen and oxygen atoms in total. The van der Waals surface area contributed by atoms with Gasteiger partial charge >= 0.3 is 0 Å². The zero-order valence-electron chi connectivity index (χ0n) is 19.4. The molecule has 2 aromatic carbocycles. The van der Waals surface area contributed by atoms with E-state index in [-0.39, 0.29) is 5.91 Å². The first-order valence-corrected chi connectivity index (χ1v) is 11.4. The third kappa shape index (κ3) is 4.31. The van der Waals surface area contributed by atoms with Gasteiger partial charge in [0.05, 0.1) is 11.4 Å². The van der Waals surface area contributed by atoms with E-state index in [0.717, 1.165) is 41.3 Å². The van der Waals surface area contributed by atoms with Gasteiger partial charge in [0.25, 0.3) is 0 Å². The number of fused-ring (bicyclic) bond motifs is 1. The molecule has 0 aliphatic carbocycles. The summed E-state index contributed by atoms with van der Waals surface area (Å²) < 4.78 is 2.18. The van der Waals surface area contributed by atoms with Crippen LogP contribution in [0.25, 0.3) is 28.0 Å². The number of amides is 1. The second-order valence-electron chi connectivity index (χ2n) is 8.30. The molecule has 164 valence electrons. The number of carbonyl (C=O) groups is 1. The summed E-state index contributed by atoms with van der Waals surface area (Å²) in [6, 6.07) is 21.0. The Morgan fingerprint density at radius 2 is 1.69 bits per heavy atom. The number of benzene rings is 2. The van der Waals surface area contributed by atoms with Crippen molar-refractivity contribution >= 4 is 11.6 Å². The molecule has 4 rings (SSSR count). The first kappa shape index (κ1) is 21.8. The second-order valence-corrected chi connectivity index (χ2v) is 8.30. The minimum atomic E-state index is 0.189. The van der Waals surface area contributed by atoms with Gasteiger partial charge in [0, 0.05) is 31.3 Å². The van der Waals surface area contributed by atoms with Gasteiger partial charge in [-0.3, -0.25) is 4.79 Å². The summed E-state index contributed by atoms with van der Waals surface area (Å²) in [7, 11) is 0. The van der Waals surface area contributed by atoms with Crippen LogP contribution in [0.1, 0.15) is 37.1 Å². The zero-order chi connectivity index (χ0) is 22.7. The molecule has 0 atom stereocenters. The molecule has 1 amide bonds. The second kappa shape index (κ2) is 9.39. The van der Waals surface area contributed by atoms with E-state index >= 15 is 0 Å². The monoisotopic (exact) mass is 425 g/mol. The molecule has 0 aliphatic heterocycles. The molecule has 32 heavy (non-hydrogen) atoms. The number of aromatic nitrogens is 2. The lowest BCUT2D eigenvalue weighted by atomic mass is 10.00. The van der Waals surface area contributed by atoms with Gasteiger partial charge in [-0.05, 0) is 62.9 Å². The first-order valence-electron chi connectivity index (χ1n) is 11.4. The van der Waals surface area contributed by atoms with Crippen LogP contribution in [0.5, 0.6) is 0 Å². The van der Waals surface area contributed by atoms with Gasteiger partial charge in [0.1, 0.15) is 5.65 Å². The first-order chi connectivity index (χ1) is 15.5. The van der Waals surface area contributed by atoms with Crippen molar-refractivity contribution in [3.8, 4) is 22.4 Å². The molecule has 0 saturated carbocycles. The minimum absolute atomic E-state index is 0.189. The van der Waals surface area contributed by atoms with E-state index in [1.807, 2.05) is 36.9 Å².